The number of esters is 1. The summed E-state index contributed by atoms with van der Waals surface area (Å²) in [7, 11) is 0. The van der Waals surface area contributed by atoms with Crippen molar-refractivity contribution in [1.29, 1.82) is 0 Å². The van der Waals surface area contributed by atoms with E-state index >= 15 is 0 Å². The van der Waals surface area contributed by atoms with Crippen LogP contribution in [0.5, 0.6) is 0 Å². The topological polar surface area (TPSA) is 68.3 Å². The predicted octanol–water partition coefficient (Wildman–Crippen LogP) is 3.74. The Hall–Kier alpha value is -1.99. The first kappa shape index (κ1) is 17.4. The molecule has 1 atom stereocenters. The van der Waals surface area contributed by atoms with Crippen molar-refractivity contribution in [3.8, 4) is 0 Å². The monoisotopic (exact) mass is 356 g/mol. The quantitative estimate of drug-likeness (QED) is 0.847. The number of rotatable bonds is 4. The van der Waals surface area contributed by atoms with Gasteiger partial charge < -0.3 is 10.1 Å². The normalized spacial score (nSPS) is 11.9. The number of nitrogens with zero attached hydrogens (tertiary/aromatic N) is 1. The average Bonchev–Trinajstić information content (AvgIpc) is 2.81. The Balaban J connectivity index is 2.00. The van der Waals surface area contributed by atoms with Crippen LogP contribution < -0.4 is 5.32 Å². The van der Waals surface area contributed by atoms with Gasteiger partial charge in [0.2, 0.25) is 0 Å². The maximum Gasteiger partial charge on any atom is 0.351 e. The van der Waals surface area contributed by atoms with Crippen LogP contribution in [0.2, 0.25) is 5.02 Å². The Morgan fingerprint density at radius 3 is 2.65 bits per heavy atom. The Morgan fingerprint density at radius 1 is 1.39 bits per heavy atom. The summed E-state index contributed by atoms with van der Waals surface area (Å²) in [5.74, 6) is -1.73. The predicted molar refractivity (Wildman–Crippen MR) is 86.5 cm³/mol. The summed E-state index contributed by atoms with van der Waals surface area (Å²) in [6, 6.07) is 3.78. The third-order valence-corrected chi connectivity index (χ3v) is 4.27. The van der Waals surface area contributed by atoms with E-state index in [0.29, 0.717) is 16.3 Å². The summed E-state index contributed by atoms with van der Waals surface area (Å²) in [5, 5.41) is 3.14. The Bertz CT molecular complexity index is 763. The lowest BCUT2D eigenvalue weighted by Gasteiger charge is -2.13. The van der Waals surface area contributed by atoms with Crippen LogP contribution in [0.25, 0.3) is 0 Å². The maximum atomic E-state index is 13.1. The zero-order chi connectivity index (χ0) is 17.1. The standard InChI is InChI=1S/C15H14ClFN2O3S/c1-7-13(23-9(3)18-7)15(21)22-8(2)14(20)19-10-4-5-12(17)11(16)6-10/h4-6,8H,1-3H3,(H,19,20)/t8-/m1/s1. The molecule has 0 aliphatic rings. The van der Waals surface area contributed by atoms with Gasteiger partial charge in [-0.25, -0.2) is 14.2 Å². The van der Waals surface area contributed by atoms with E-state index in [9.17, 15) is 14.0 Å². The van der Waals surface area contributed by atoms with E-state index in [2.05, 4.69) is 10.3 Å². The van der Waals surface area contributed by atoms with Crippen molar-refractivity contribution < 1.29 is 18.7 Å². The molecule has 122 valence electrons. The van der Waals surface area contributed by atoms with Crippen LogP contribution in [0, 0.1) is 19.7 Å². The minimum absolute atomic E-state index is 0.108. The highest BCUT2D eigenvalue weighted by atomic mass is 35.5. The highest BCUT2D eigenvalue weighted by molar-refractivity contribution is 7.13. The van der Waals surface area contributed by atoms with Crippen molar-refractivity contribution in [3.05, 3.63) is 44.6 Å². The molecule has 23 heavy (non-hydrogen) atoms. The number of thiazole rings is 1. The minimum Gasteiger partial charge on any atom is -0.448 e. The fraction of sp³-hybridized carbons (Fsp3) is 0.267. The van der Waals surface area contributed by atoms with Crippen molar-refractivity contribution in [2.24, 2.45) is 0 Å². The van der Waals surface area contributed by atoms with Crippen LogP contribution in [-0.2, 0) is 9.53 Å². The van der Waals surface area contributed by atoms with Crippen LogP contribution in [0.1, 0.15) is 27.3 Å². The first-order chi connectivity index (χ1) is 10.8. The fourth-order valence-electron chi connectivity index (χ4n) is 1.81. The van der Waals surface area contributed by atoms with Crippen LogP contribution >= 0.6 is 22.9 Å². The van der Waals surface area contributed by atoms with Gasteiger partial charge in [0.15, 0.2) is 6.10 Å². The number of halogens is 2. The summed E-state index contributed by atoms with van der Waals surface area (Å²) in [6.07, 6.45) is -1.02. The number of aryl methyl sites for hydroxylation is 2. The van der Waals surface area contributed by atoms with Gasteiger partial charge in [0, 0.05) is 5.69 Å². The van der Waals surface area contributed by atoms with Crippen LogP contribution in [-0.4, -0.2) is 23.0 Å². The number of carbonyl (C=O) groups excluding carboxylic acids is 2. The highest BCUT2D eigenvalue weighted by Crippen LogP contribution is 2.21. The molecule has 0 saturated heterocycles. The average molecular weight is 357 g/mol. The van der Waals surface area contributed by atoms with Crippen molar-refractivity contribution in [2.75, 3.05) is 5.32 Å². The molecule has 0 bridgehead atoms. The number of benzene rings is 1. The number of carbonyl (C=O) groups is 2. The van der Waals surface area contributed by atoms with Gasteiger partial charge in [0.1, 0.15) is 10.7 Å². The first-order valence-corrected chi connectivity index (χ1v) is 7.88. The Morgan fingerprint density at radius 2 is 2.09 bits per heavy atom. The van der Waals surface area contributed by atoms with E-state index < -0.39 is 23.8 Å². The van der Waals surface area contributed by atoms with Crippen molar-refractivity contribution in [2.45, 2.75) is 26.9 Å². The van der Waals surface area contributed by atoms with Crippen molar-refractivity contribution in [3.63, 3.8) is 0 Å². The summed E-state index contributed by atoms with van der Waals surface area (Å²) >= 11 is 6.85. The SMILES string of the molecule is Cc1nc(C)c(C(=O)O[C@H](C)C(=O)Nc2ccc(F)c(Cl)c2)s1. The van der Waals surface area contributed by atoms with Gasteiger partial charge in [-0.05, 0) is 39.0 Å². The van der Waals surface area contributed by atoms with Crippen LogP contribution in [0.3, 0.4) is 0 Å². The molecule has 0 unspecified atom stereocenters. The van der Waals surface area contributed by atoms with Gasteiger partial charge in [-0.3, -0.25) is 4.79 Å². The van der Waals surface area contributed by atoms with Crippen molar-refractivity contribution >= 4 is 40.5 Å². The van der Waals surface area contributed by atoms with E-state index in [0.717, 1.165) is 11.1 Å². The van der Waals surface area contributed by atoms with Gasteiger partial charge in [0.05, 0.1) is 15.7 Å². The largest absolute Gasteiger partial charge is 0.448 e. The van der Waals surface area contributed by atoms with Gasteiger partial charge in [-0.2, -0.15) is 0 Å². The lowest BCUT2D eigenvalue weighted by Crippen LogP contribution is -2.30. The second kappa shape index (κ2) is 7.06. The molecule has 1 heterocycles. The highest BCUT2D eigenvalue weighted by Gasteiger charge is 2.22. The molecule has 0 aliphatic heterocycles. The molecule has 5 nitrogen and oxygen atoms in total. The molecule has 8 heteroatoms. The van der Waals surface area contributed by atoms with E-state index in [1.54, 1.807) is 13.8 Å². The smallest absolute Gasteiger partial charge is 0.351 e. The number of hydrogen-bond donors (Lipinski definition) is 1. The molecular formula is C15H14ClFN2O3S. The molecule has 0 aliphatic carbocycles. The molecule has 1 aromatic carbocycles. The lowest BCUT2D eigenvalue weighted by atomic mass is 10.3. The third kappa shape index (κ3) is 4.27. The summed E-state index contributed by atoms with van der Waals surface area (Å²) in [4.78, 5) is 28.6. The van der Waals surface area contributed by atoms with Crippen LogP contribution in [0.15, 0.2) is 18.2 Å². The number of amides is 1. The van der Waals surface area contributed by atoms with E-state index in [-0.39, 0.29) is 5.02 Å². The van der Waals surface area contributed by atoms with Gasteiger partial charge in [0.25, 0.3) is 5.91 Å². The second-order valence-corrected chi connectivity index (χ2v) is 6.42. The zero-order valence-electron chi connectivity index (χ0n) is 12.6. The number of nitrogens with one attached hydrogen (secondary N) is 1. The van der Waals surface area contributed by atoms with Gasteiger partial charge >= 0.3 is 5.97 Å². The minimum atomic E-state index is -1.02. The molecule has 0 saturated carbocycles. The summed E-state index contributed by atoms with van der Waals surface area (Å²) in [5.41, 5.74) is 0.879. The molecule has 2 rings (SSSR count). The number of hydrogen-bond acceptors (Lipinski definition) is 5. The van der Waals surface area contributed by atoms with Crippen LogP contribution in [0.4, 0.5) is 10.1 Å². The fourth-order valence-corrected chi connectivity index (χ4v) is 2.79. The Kier molecular flexibility index (Phi) is 5.33. The molecule has 2 aromatic rings. The molecule has 1 amide bonds. The molecule has 0 radical (unpaired) electrons. The number of anilines is 1. The van der Waals surface area contributed by atoms with Gasteiger partial charge in [-0.1, -0.05) is 11.6 Å². The maximum absolute atomic E-state index is 13.1. The third-order valence-electron chi connectivity index (χ3n) is 2.93. The number of ether oxygens (including phenoxy) is 1. The molecule has 0 fully saturated rings. The molecule has 1 aromatic heterocycles. The van der Waals surface area contributed by atoms with Gasteiger partial charge in [-0.15, -0.1) is 11.3 Å². The Labute approximate surface area is 141 Å². The first-order valence-electron chi connectivity index (χ1n) is 6.69. The van der Waals surface area contributed by atoms with Crippen molar-refractivity contribution in [1.82, 2.24) is 4.98 Å². The molecular weight excluding hydrogens is 343 g/mol. The zero-order valence-corrected chi connectivity index (χ0v) is 14.2. The van der Waals surface area contributed by atoms with E-state index in [1.807, 2.05) is 0 Å². The molecule has 1 N–H and O–H groups in total. The summed E-state index contributed by atoms with van der Waals surface area (Å²) in [6.45, 7) is 4.93. The van der Waals surface area contributed by atoms with E-state index in [1.165, 1.54) is 30.4 Å². The summed E-state index contributed by atoms with van der Waals surface area (Å²) < 4.78 is 18.2. The molecule has 0 spiro atoms. The number of aromatic nitrogens is 1. The van der Waals surface area contributed by atoms with E-state index in [4.69, 9.17) is 16.3 Å². The second-order valence-electron chi connectivity index (χ2n) is 4.81. The lowest BCUT2D eigenvalue weighted by molar-refractivity contribution is -0.123.